The summed E-state index contributed by atoms with van der Waals surface area (Å²) >= 11 is 0. The van der Waals surface area contributed by atoms with Crippen LogP contribution in [0.1, 0.15) is 60.5 Å². The number of amides is 1. The molecule has 0 bridgehead atoms. The fourth-order valence-corrected chi connectivity index (χ4v) is 4.54. The fraction of sp³-hybridized carbons (Fsp3) is 0.394. The van der Waals surface area contributed by atoms with Crippen molar-refractivity contribution in [3.63, 3.8) is 0 Å². The van der Waals surface area contributed by atoms with Crippen molar-refractivity contribution < 1.29 is 37.3 Å². The Hall–Kier alpha value is -4.14. The molecule has 7 nitrogen and oxygen atoms in total. The minimum atomic E-state index is -0.635. The van der Waals surface area contributed by atoms with Crippen molar-refractivity contribution in [2.75, 3.05) is 27.4 Å². The Balaban J connectivity index is 1.56. The number of ether oxygens (including phenoxy) is 4. The van der Waals surface area contributed by atoms with Gasteiger partial charge in [-0.05, 0) is 54.3 Å². The third-order valence-electron chi connectivity index (χ3n) is 6.78. The summed E-state index contributed by atoms with van der Waals surface area (Å²) in [6.07, 6.45) is 5.52. The van der Waals surface area contributed by atoms with Gasteiger partial charge in [0.1, 0.15) is 22.9 Å². The number of unbranched alkanes of at least 4 members (excludes halogenated alkanes) is 3. The van der Waals surface area contributed by atoms with Gasteiger partial charge < -0.3 is 24.3 Å². The molecular weight excluding hydrogens is 544 g/mol. The Morgan fingerprint density at radius 2 is 1.69 bits per heavy atom. The normalized spacial score (nSPS) is 11.5. The van der Waals surface area contributed by atoms with E-state index in [-0.39, 0.29) is 25.0 Å². The molecule has 9 heteroatoms. The largest absolute Gasteiger partial charge is 0.493 e. The first-order valence-corrected chi connectivity index (χ1v) is 14.2. The predicted octanol–water partition coefficient (Wildman–Crippen LogP) is 6.46. The van der Waals surface area contributed by atoms with Gasteiger partial charge in [-0.2, -0.15) is 0 Å². The number of carbonyl (C=O) groups excluding carboxylic acids is 2. The van der Waals surface area contributed by atoms with Crippen LogP contribution >= 0.6 is 0 Å². The monoisotopic (exact) mass is 583 g/mol. The van der Waals surface area contributed by atoms with Crippen LogP contribution in [0.25, 0.3) is 0 Å². The highest BCUT2D eigenvalue weighted by Gasteiger charge is 2.17. The molecule has 0 fully saturated rings. The van der Waals surface area contributed by atoms with Crippen molar-refractivity contribution in [1.82, 2.24) is 5.32 Å². The summed E-state index contributed by atoms with van der Waals surface area (Å²) in [5.41, 5.74) is 1.62. The summed E-state index contributed by atoms with van der Waals surface area (Å²) < 4.78 is 49.5. The molecule has 0 aliphatic carbocycles. The van der Waals surface area contributed by atoms with E-state index in [0.29, 0.717) is 47.8 Å². The number of benzene rings is 3. The van der Waals surface area contributed by atoms with Gasteiger partial charge in [-0.15, -0.1) is 0 Å². The molecule has 0 saturated heterocycles. The lowest BCUT2D eigenvalue weighted by molar-refractivity contribution is -0.123. The van der Waals surface area contributed by atoms with E-state index in [9.17, 15) is 18.4 Å². The highest BCUT2D eigenvalue weighted by Crippen LogP contribution is 2.28. The van der Waals surface area contributed by atoms with E-state index in [4.69, 9.17) is 18.9 Å². The molecule has 1 unspecified atom stereocenters. The molecule has 0 heterocycles. The Kier molecular flexibility index (Phi) is 13.1. The summed E-state index contributed by atoms with van der Waals surface area (Å²) in [5, 5.41) is 2.95. The SMILES string of the molecule is CCCCCCC(Cc1ccc(F)cc1F)NC(=O)COc1ccc(CCOc2ccccc2C(=O)OC)cc1OC. The van der Waals surface area contributed by atoms with E-state index in [0.717, 1.165) is 37.3 Å². The van der Waals surface area contributed by atoms with E-state index in [1.807, 2.05) is 6.07 Å². The summed E-state index contributed by atoms with van der Waals surface area (Å²) in [6, 6.07) is 15.4. The zero-order valence-electron chi connectivity index (χ0n) is 24.4. The quantitative estimate of drug-likeness (QED) is 0.145. The highest BCUT2D eigenvalue weighted by atomic mass is 19.1. The maximum absolute atomic E-state index is 14.3. The van der Waals surface area contributed by atoms with Gasteiger partial charge in [0.2, 0.25) is 0 Å². The third kappa shape index (κ3) is 10.0. The molecule has 3 aromatic carbocycles. The minimum absolute atomic E-state index is 0.250. The second-order valence-corrected chi connectivity index (χ2v) is 9.91. The van der Waals surface area contributed by atoms with Crippen molar-refractivity contribution in [2.45, 2.75) is 57.9 Å². The summed E-state index contributed by atoms with van der Waals surface area (Å²) in [5.74, 6) is -0.776. The standard InChI is InChI=1S/C33H39F2NO6/c1-4-5-6-7-10-26(20-24-14-15-25(34)21-28(24)35)36-32(37)22-42-30-16-13-23(19-31(30)39-2)17-18-41-29-12-9-8-11-27(29)33(38)40-3/h8-9,11-16,19,21,26H,4-7,10,17-18,20,22H2,1-3H3,(H,36,37). The van der Waals surface area contributed by atoms with Gasteiger partial charge >= 0.3 is 5.97 Å². The van der Waals surface area contributed by atoms with Gasteiger partial charge in [0.05, 0.1) is 20.8 Å². The zero-order chi connectivity index (χ0) is 30.3. The van der Waals surface area contributed by atoms with Gasteiger partial charge in [-0.25, -0.2) is 13.6 Å². The molecule has 0 radical (unpaired) electrons. The number of methoxy groups -OCH3 is 2. The van der Waals surface area contributed by atoms with E-state index >= 15 is 0 Å². The average Bonchev–Trinajstić information content (AvgIpc) is 2.99. The summed E-state index contributed by atoms with van der Waals surface area (Å²) in [4.78, 5) is 24.8. The van der Waals surface area contributed by atoms with Crippen LogP contribution in [0.4, 0.5) is 8.78 Å². The molecule has 42 heavy (non-hydrogen) atoms. The second kappa shape index (κ2) is 17.0. The van der Waals surface area contributed by atoms with Crippen LogP contribution in [0.3, 0.4) is 0 Å². The molecule has 1 N–H and O–H groups in total. The number of carbonyl (C=O) groups is 2. The Labute approximate surface area is 246 Å². The fourth-order valence-electron chi connectivity index (χ4n) is 4.54. The lowest BCUT2D eigenvalue weighted by Gasteiger charge is -2.20. The van der Waals surface area contributed by atoms with E-state index in [2.05, 4.69) is 12.2 Å². The number of esters is 1. The topological polar surface area (TPSA) is 83.1 Å². The van der Waals surface area contributed by atoms with E-state index in [1.165, 1.54) is 26.4 Å². The van der Waals surface area contributed by atoms with E-state index < -0.39 is 17.6 Å². The lowest BCUT2D eigenvalue weighted by atomic mass is 9.99. The maximum atomic E-state index is 14.3. The molecular formula is C33H39F2NO6. The predicted molar refractivity (Wildman–Crippen MR) is 156 cm³/mol. The molecule has 3 aromatic rings. The number of nitrogens with one attached hydrogen (secondary N) is 1. The average molecular weight is 584 g/mol. The number of hydrogen-bond acceptors (Lipinski definition) is 6. The molecule has 1 atom stereocenters. The van der Waals surface area contributed by atoms with Crippen molar-refractivity contribution in [3.8, 4) is 17.2 Å². The molecule has 226 valence electrons. The van der Waals surface area contributed by atoms with Crippen molar-refractivity contribution in [2.24, 2.45) is 0 Å². The van der Waals surface area contributed by atoms with Crippen molar-refractivity contribution in [1.29, 1.82) is 0 Å². The van der Waals surface area contributed by atoms with Crippen LogP contribution in [-0.4, -0.2) is 45.4 Å². The van der Waals surface area contributed by atoms with Crippen LogP contribution in [0.15, 0.2) is 60.7 Å². The molecule has 0 aliphatic heterocycles. The molecule has 0 aromatic heterocycles. The molecule has 0 spiro atoms. The Morgan fingerprint density at radius 3 is 2.43 bits per heavy atom. The van der Waals surface area contributed by atoms with Gasteiger partial charge in [0.25, 0.3) is 5.91 Å². The molecule has 0 aliphatic rings. The molecule has 0 saturated carbocycles. The Bertz CT molecular complexity index is 1320. The van der Waals surface area contributed by atoms with Gasteiger partial charge in [-0.1, -0.05) is 56.9 Å². The first kappa shape index (κ1) is 32.4. The summed E-state index contributed by atoms with van der Waals surface area (Å²) in [7, 11) is 2.83. The second-order valence-electron chi connectivity index (χ2n) is 9.91. The minimum Gasteiger partial charge on any atom is -0.493 e. The van der Waals surface area contributed by atoms with Gasteiger partial charge in [-0.3, -0.25) is 4.79 Å². The summed E-state index contributed by atoms with van der Waals surface area (Å²) in [6.45, 7) is 2.18. The van der Waals surface area contributed by atoms with Crippen molar-refractivity contribution >= 4 is 11.9 Å². The lowest BCUT2D eigenvalue weighted by Crippen LogP contribution is -2.39. The van der Waals surface area contributed by atoms with E-state index in [1.54, 1.807) is 36.4 Å². The first-order valence-electron chi connectivity index (χ1n) is 14.2. The van der Waals surface area contributed by atoms with Crippen LogP contribution in [-0.2, 0) is 22.4 Å². The zero-order valence-corrected chi connectivity index (χ0v) is 24.4. The molecule has 1 amide bonds. The van der Waals surface area contributed by atoms with Crippen LogP contribution < -0.4 is 19.5 Å². The van der Waals surface area contributed by atoms with Crippen LogP contribution in [0, 0.1) is 11.6 Å². The highest BCUT2D eigenvalue weighted by molar-refractivity contribution is 5.92. The number of halogens is 2. The Morgan fingerprint density at radius 1 is 0.881 bits per heavy atom. The maximum Gasteiger partial charge on any atom is 0.341 e. The van der Waals surface area contributed by atoms with Crippen molar-refractivity contribution in [3.05, 3.63) is 89.0 Å². The molecule has 3 rings (SSSR count). The third-order valence-corrected chi connectivity index (χ3v) is 6.78. The number of para-hydroxylation sites is 1. The van der Waals surface area contributed by atoms with Crippen LogP contribution in [0.5, 0.6) is 17.2 Å². The number of rotatable bonds is 17. The number of hydrogen-bond donors (Lipinski definition) is 1. The van der Waals surface area contributed by atoms with Gasteiger partial charge in [0, 0.05) is 18.5 Å². The van der Waals surface area contributed by atoms with Crippen LogP contribution in [0.2, 0.25) is 0 Å². The van der Waals surface area contributed by atoms with Gasteiger partial charge in [0.15, 0.2) is 18.1 Å². The first-order chi connectivity index (χ1) is 20.3. The smallest absolute Gasteiger partial charge is 0.341 e.